The van der Waals surface area contributed by atoms with Crippen LogP contribution in [0.25, 0.3) is 0 Å². The number of nitrogens with one attached hydrogen (secondary N) is 1. The number of halogens is 1. The van der Waals surface area contributed by atoms with E-state index in [0.717, 1.165) is 11.1 Å². The van der Waals surface area contributed by atoms with E-state index in [0.29, 0.717) is 6.54 Å². The van der Waals surface area contributed by atoms with Crippen LogP contribution in [-0.4, -0.2) is 17.8 Å². The highest BCUT2D eigenvalue weighted by molar-refractivity contribution is 5.23. The van der Waals surface area contributed by atoms with Gasteiger partial charge in [-0.05, 0) is 37.1 Å². The first-order valence-electron chi connectivity index (χ1n) is 5.72. The fourth-order valence-corrected chi connectivity index (χ4v) is 1.27. The van der Waals surface area contributed by atoms with Crippen molar-refractivity contribution in [1.82, 2.24) is 5.32 Å². The van der Waals surface area contributed by atoms with Crippen molar-refractivity contribution < 1.29 is 9.50 Å². The van der Waals surface area contributed by atoms with Gasteiger partial charge in [0.2, 0.25) is 0 Å². The van der Waals surface area contributed by atoms with E-state index in [1.807, 2.05) is 33.8 Å². The number of aliphatic hydroxyl groups is 1. The average molecular weight is 227 g/mol. The second kappa shape index (κ2) is 8.25. The zero-order chi connectivity index (χ0) is 12.6. The van der Waals surface area contributed by atoms with Crippen LogP contribution in [0, 0.1) is 12.7 Å². The molecule has 0 aliphatic heterocycles. The van der Waals surface area contributed by atoms with Gasteiger partial charge in [0.1, 0.15) is 5.82 Å². The molecule has 1 rings (SSSR count). The van der Waals surface area contributed by atoms with Gasteiger partial charge >= 0.3 is 0 Å². The summed E-state index contributed by atoms with van der Waals surface area (Å²) >= 11 is 0. The maximum atomic E-state index is 13.0. The fraction of sp³-hybridized carbons (Fsp3) is 0.538. The first-order valence-corrected chi connectivity index (χ1v) is 5.72. The average Bonchev–Trinajstić information content (AvgIpc) is 2.27. The van der Waals surface area contributed by atoms with Crippen LogP contribution < -0.4 is 5.32 Å². The lowest BCUT2D eigenvalue weighted by molar-refractivity contribution is 0.251. The van der Waals surface area contributed by atoms with Crippen molar-refractivity contribution in [3.05, 3.63) is 35.1 Å². The van der Waals surface area contributed by atoms with Gasteiger partial charge in [-0.1, -0.05) is 19.9 Å². The molecule has 0 bridgehead atoms. The van der Waals surface area contributed by atoms with Crippen LogP contribution in [0.15, 0.2) is 18.2 Å². The molecule has 0 amide bonds. The Hall–Kier alpha value is -0.930. The molecule has 0 saturated carbocycles. The molecule has 0 aliphatic rings. The fourth-order valence-electron chi connectivity index (χ4n) is 1.27. The Morgan fingerprint density at radius 2 is 1.94 bits per heavy atom. The Labute approximate surface area is 97.5 Å². The molecule has 1 unspecified atom stereocenters. The highest BCUT2D eigenvalue weighted by atomic mass is 19.1. The summed E-state index contributed by atoms with van der Waals surface area (Å²) in [4.78, 5) is 0. The van der Waals surface area contributed by atoms with E-state index in [1.165, 1.54) is 12.1 Å². The van der Waals surface area contributed by atoms with E-state index in [9.17, 15) is 4.39 Å². The van der Waals surface area contributed by atoms with E-state index in [4.69, 9.17) is 5.11 Å². The number of rotatable bonds is 4. The summed E-state index contributed by atoms with van der Waals surface area (Å²) < 4.78 is 13.0. The van der Waals surface area contributed by atoms with E-state index in [-0.39, 0.29) is 18.5 Å². The molecule has 0 aliphatic carbocycles. The third kappa shape index (κ3) is 5.83. The lowest BCUT2D eigenvalue weighted by atomic mass is 10.1. The summed E-state index contributed by atoms with van der Waals surface area (Å²) in [6.45, 7) is 8.42. The van der Waals surface area contributed by atoms with Crippen LogP contribution in [0.2, 0.25) is 0 Å². The minimum atomic E-state index is -0.210. The molecular weight excluding hydrogens is 205 g/mol. The van der Waals surface area contributed by atoms with Gasteiger partial charge in [0.25, 0.3) is 0 Å². The molecule has 0 radical (unpaired) electrons. The predicted octanol–water partition coefficient (Wildman–Crippen LogP) is 2.63. The summed E-state index contributed by atoms with van der Waals surface area (Å²) in [5.74, 6) is -0.210. The van der Waals surface area contributed by atoms with Crippen LogP contribution in [0.1, 0.15) is 31.9 Å². The Balaban J connectivity index is 0.00000106. The van der Waals surface area contributed by atoms with E-state index in [1.54, 1.807) is 0 Å². The molecule has 3 heteroatoms. The summed E-state index contributed by atoms with van der Waals surface area (Å²) in [6.07, 6.45) is 0. The normalized spacial score (nSPS) is 11.6. The highest BCUT2D eigenvalue weighted by Crippen LogP contribution is 2.08. The summed E-state index contributed by atoms with van der Waals surface area (Å²) in [6, 6.07) is 4.97. The number of hydrogen-bond donors (Lipinski definition) is 2. The Morgan fingerprint density at radius 3 is 2.44 bits per heavy atom. The van der Waals surface area contributed by atoms with E-state index >= 15 is 0 Å². The van der Waals surface area contributed by atoms with Crippen LogP contribution in [-0.2, 0) is 6.54 Å². The summed E-state index contributed by atoms with van der Waals surface area (Å²) in [7, 11) is 0. The molecule has 0 saturated heterocycles. The molecular formula is C13H22FNO. The van der Waals surface area contributed by atoms with Gasteiger partial charge in [0.15, 0.2) is 0 Å². The largest absolute Gasteiger partial charge is 0.395 e. The van der Waals surface area contributed by atoms with Crippen LogP contribution in [0.3, 0.4) is 0 Å². The molecule has 0 heterocycles. The van der Waals surface area contributed by atoms with Gasteiger partial charge in [-0.15, -0.1) is 0 Å². The van der Waals surface area contributed by atoms with Crippen LogP contribution >= 0.6 is 0 Å². The maximum Gasteiger partial charge on any atom is 0.123 e. The second-order valence-corrected chi connectivity index (χ2v) is 3.60. The first-order chi connectivity index (χ1) is 7.61. The molecule has 1 atom stereocenters. The first kappa shape index (κ1) is 15.1. The van der Waals surface area contributed by atoms with Crippen molar-refractivity contribution in [3.63, 3.8) is 0 Å². The smallest absolute Gasteiger partial charge is 0.123 e. The van der Waals surface area contributed by atoms with Crippen molar-refractivity contribution in [1.29, 1.82) is 0 Å². The van der Waals surface area contributed by atoms with Gasteiger partial charge in [0.05, 0.1) is 6.61 Å². The monoisotopic (exact) mass is 227 g/mol. The van der Waals surface area contributed by atoms with Crippen LogP contribution in [0.5, 0.6) is 0 Å². The lowest BCUT2D eigenvalue weighted by Gasteiger charge is -2.10. The minimum Gasteiger partial charge on any atom is -0.395 e. The van der Waals surface area contributed by atoms with Crippen molar-refractivity contribution in [3.8, 4) is 0 Å². The van der Waals surface area contributed by atoms with Crippen molar-refractivity contribution >= 4 is 0 Å². The third-order valence-corrected chi connectivity index (χ3v) is 2.03. The minimum absolute atomic E-state index is 0.0403. The summed E-state index contributed by atoms with van der Waals surface area (Å²) in [5.41, 5.74) is 1.82. The highest BCUT2D eigenvalue weighted by Gasteiger charge is 2.01. The van der Waals surface area contributed by atoms with Gasteiger partial charge < -0.3 is 10.4 Å². The Morgan fingerprint density at radius 1 is 1.31 bits per heavy atom. The topological polar surface area (TPSA) is 32.3 Å². The molecule has 2 nitrogen and oxygen atoms in total. The molecule has 0 fully saturated rings. The van der Waals surface area contributed by atoms with Crippen molar-refractivity contribution in [2.24, 2.45) is 0 Å². The molecule has 2 N–H and O–H groups in total. The maximum absolute atomic E-state index is 13.0. The number of aliphatic hydroxyl groups excluding tert-OH is 1. The van der Waals surface area contributed by atoms with Gasteiger partial charge in [-0.25, -0.2) is 4.39 Å². The lowest BCUT2D eigenvalue weighted by Crippen LogP contribution is -2.28. The number of aryl methyl sites for hydroxylation is 1. The summed E-state index contributed by atoms with van der Waals surface area (Å²) in [5, 5.41) is 11.9. The number of hydrogen-bond acceptors (Lipinski definition) is 2. The molecule has 1 aromatic rings. The van der Waals surface area contributed by atoms with Crippen molar-refractivity contribution in [2.45, 2.75) is 40.3 Å². The number of benzene rings is 1. The molecule has 1 aromatic carbocycles. The van der Waals surface area contributed by atoms with E-state index in [2.05, 4.69) is 5.32 Å². The third-order valence-electron chi connectivity index (χ3n) is 2.03. The van der Waals surface area contributed by atoms with Gasteiger partial charge in [-0.2, -0.15) is 0 Å². The van der Waals surface area contributed by atoms with Crippen molar-refractivity contribution in [2.75, 3.05) is 6.61 Å². The molecule has 16 heavy (non-hydrogen) atoms. The van der Waals surface area contributed by atoms with Crippen LogP contribution in [0.4, 0.5) is 4.39 Å². The van der Waals surface area contributed by atoms with Gasteiger partial charge in [0, 0.05) is 12.6 Å². The zero-order valence-corrected chi connectivity index (χ0v) is 10.5. The SMILES string of the molecule is CC.Cc1cc(F)cc(CNC(C)CO)c1. The zero-order valence-electron chi connectivity index (χ0n) is 10.5. The van der Waals surface area contributed by atoms with E-state index < -0.39 is 0 Å². The molecule has 92 valence electrons. The Kier molecular flexibility index (Phi) is 7.77. The molecule has 0 aromatic heterocycles. The molecule has 0 spiro atoms. The quantitative estimate of drug-likeness (QED) is 0.828. The Bertz CT molecular complexity index is 282. The second-order valence-electron chi connectivity index (χ2n) is 3.60. The standard InChI is InChI=1S/C11H16FNO.C2H6/c1-8-3-10(5-11(12)4-8)6-13-9(2)7-14;1-2/h3-5,9,13-14H,6-7H2,1-2H3;1-2H3. The van der Waals surface area contributed by atoms with Gasteiger partial charge in [-0.3, -0.25) is 0 Å². The predicted molar refractivity (Wildman–Crippen MR) is 65.9 cm³/mol.